The first-order chi connectivity index (χ1) is 10.6. The summed E-state index contributed by atoms with van der Waals surface area (Å²) < 4.78 is 16.8. The molecule has 0 aromatic rings. The van der Waals surface area contributed by atoms with E-state index in [0.29, 0.717) is 39.0 Å². The summed E-state index contributed by atoms with van der Waals surface area (Å²) in [4.78, 5) is 28.3. The molecule has 1 heterocycles. The second kappa shape index (κ2) is 7.64. The average Bonchev–Trinajstić information content (AvgIpc) is 2.46. The summed E-state index contributed by atoms with van der Waals surface area (Å²) in [5.41, 5.74) is -0.545. The van der Waals surface area contributed by atoms with Gasteiger partial charge < -0.3 is 14.5 Å². The number of ether oxygens (including phenoxy) is 1. The molecular formula is C16H30N2O4S. The summed E-state index contributed by atoms with van der Waals surface area (Å²) >= 11 is 0. The minimum atomic E-state index is -1.28. The van der Waals surface area contributed by atoms with E-state index in [9.17, 15) is 13.8 Å². The van der Waals surface area contributed by atoms with Gasteiger partial charge in [0.1, 0.15) is 10.3 Å². The Morgan fingerprint density at radius 3 is 2.00 bits per heavy atom. The van der Waals surface area contributed by atoms with Crippen LogP contribution >= 0.6 is 0 Å². The van der Waals surface area contributed by atoms with Crippen molar-refractivity contribution in [1.29, 1.82) is 0 Å². The highest BCUT2D eigenvalue weighted by atomic mass is 32.2. The molecule has 0 unspecified atom stereocenters. The van der Waals surface area contributed by atoms with E-state index in [0.717, 1.165) is 0 Å². The highest BCUT2D eigenvalue weighted by molar-refractivity contribution is 7.86. The van der Waals surface area contributed by atoms with Crippen molar-refractivity contribution < 1.29 is 18.5 Å². The molecule has 0 saturated carbocycles. The number of nitrogens with zero attached hydrogens (tertiary/aromatic N) is 2. The molecule has 0 N–H and O–H groups in total. The van der Waals surface area contributed by atoms with Crippen molar-refractivity contribution in [3.05, 3.63) is 0 Å². The van der Waals surface area contributed by atoms with E-state index in [-0.39, 0.29) is 12.0 Å². The zero-order chi connectivity index (χ0) is 17.8. The van der Waals surface area contributed by atoms with E-state index in [1.54, 1.807) is 16.1 Å². The van der Waals surface area contributed by atoms with Crippen molar-refractivity contribution in [1.82, 2.24) is 9.80 Å². The van der Waals surface area contributed by atoms with Crippen LogP contribution in [0.3, 0.4) is 0 Å². The fourth-order valence-electron chi connectivity index (χ4n) is 2.80. The van der Waals surface area contributed by atoms with Crippen LogP contribution in [0.25, 0.3) is 0 Å². The monoisotopic (exact) mass is 346 g/mol. The Labute approximate surface area is 142 Å². The topological polar surface area (TPSA) is 66.9 Å². The molecule has 23 heavy (non-hydrogen) atoms. The van der Waals surface area contributed by atoms with E-state index < -0.39 is 21.1 Å². The van der Waals surface area contributed by atoms with Crippen LogP contribution in [0.2, 0.25) is 0 Å². The van der Waals surface area contributed by atoms with Crippen LogP contribution in [0.1, 0.15) is 47.5 Å². The summed E-state index contributed by atoms with van der Waals surface area (Å²) in [6.07, 6.45) is 2.03. The summed E-state index contributed by atoms with van der Waals surface area (Å²) in [5.74, 6) is -0.0628. The van der Waals surface area contributed by atoms with Gasteiger partial charge >= 0.3 is 6.09 Å². The summed E-state index contributed by atoms with van der Waals surface area (Å²) in [6.45, 7) is 11.3. The highest BCUT2D eigenvalue weighted by Crippen LogP contribution is 2.31. The fraction of sp³-hybridized carbons (Fsp3) is 0.875. The maximum absolute atomic E-state index is 12.8. The molecule has 0 aromatic heterocycles. The largest absolute Gasteiger partial charge is 0.444 e. The Kier molecular flexibility index (Phi) is 6.62. The first kappa shape index (κ1) is 19.9. The third kappa shape index (κ3) is 4.68. The van der Waals surface area contributed by atoms with Crippen molar-refractivity contribution in [3.8, 4) is 0 Å². The van der Waals surface area contributed by atoms with Gasteiger partial charge in [-0.2, -0.15) is 0 Å². The average molecular weight is 346 g/mol. The van der Waals surface area contributed by atoms with Crippen molar-refractivity contribution in [2.75, 3.05) is 32.4 Å². The third-order valence-electron chi connectivity index (χ3n) is 4.21. The third-order valence-corrected chi connectivity index (χ3v) is 5.90. The van der Waals surface area contributed by atoms with Crippen LogP contribution in [0.15, 0.2) is 0 Å². The van der Waals surface area contributed by atoms with Crippen molar-refractivity contribution in [2.24, 2.45) is 0 Å². The Bertz CT molecular complexity index is 461. The Balaban J connectivity index is 2.84. The van der Waals surface area contributed by atoms with Gasteiger partial charge in [-0.15, -0.1) is 0 Å². The van der Waals surface area contributed by atoms with Crippen LogP contribution in [0, 0.1) is 0 Å². The van der Waals surface area contributed by atoms with Crippen LogP contribution in [0.4, 0.5) is 4.79 Å². The molecule has 1 aliphatic heterocycles. The zero-order valence-electron chi connectivity index (χ0n) is 15.2. The minimum Gasteiger partial charge on any atom is -0.444 e. The second-order valence-electron chi connectivity index (χ2n) is 6.89. The predicted molar refractivity (Wildman–Crippen MR) is 91.8 cm³/mol. The Hall–Kier alpha value is -1.11. The molecule has 7 heteroatoms. The number of amides is 2. The lowest BCUT2D eigenvalue weighted by Gasteiger charge is -2.41. The Morgan fingerprint density at radius 1 is 1.17 bits per heavy atom. The zero-order valence-corrected chi connectivity index (χ0v) is 16.0. The van der Waals surface area contributed by atoms with Crippen LogP contribution < -0.4 is 0 Å². The summed E-state index contributed by atoms with van der Waals surface area (Å²) in [7, 11) is -1.28. The van der Waals surface area contributed by atoms with Crippen LogP contribution in [0.5, 0.6) is 0 Å². The van der Waals surface area contributed by atoms with E-state index in [1.807, 2.05) is 34.6 Å². The quantitative estimate of drug-likeness (QED) is 0.781. The number of likely N-dealkylation sites (tertiary alicyclic amines) is 1. The maximum atomic E-state index is 12.8. The highest BCUT2D eigenvalue weighted by Gasteiger charge is 2.47. The number of carbonyl (C=O) groups is 2. The molecule has 0 aliphatic carbocycles. The molecule has 1 atom stereocenters. The molecule has 134 valence electrons. The number of piperidine rings is 1. The van der Waals surface area contributed by atoms with Gasteiger partial charge in [0.2, 0.25) is 5.91 Å². The molecule has 6 nitrogen and oxygen atoms in total. The molecule has 1 fully saturated rings. The molecule has 1 saturated heterocycles. The molecule has 1 aliphatic rings. The first-order valence-corrected chi connectivity index (χ1v) is 9.74. The molecule has 0 radical (unpaired) electrons. The van der Waals surface area contributed by atoms with Gasteiger partial charge in [-0.25, -0.2) is 4.79 Å². The lowest BCUT2D eigenvalue weighted by atomic mass is 9.94. The number of carbonyl (C=O) groups excluding carboxylic acids is 2. The molecule has 2 amide bonds. The van der Waals surface area contributed by atoms with E-state index >= 15 is 0 Å². The molecule has 0 spiro atoms. The van der Waals surface area contributed by atoms with E-state index in [2.05, 4.69) is 0 Å². The van der Waals surface area contributed by atoms with Crippen LogP contribution in [-0.4, -0.2) is 68.8 Å². The SMILES string of the molecule is CCN(CC)C(=O)C1([S@](C)=O)CCN(C(=O)OC(C)(C)C)CC1. The minimum absolute atomic E-state index is 0.0628. The maximum Gasteiger partial charge on any atom is 0.410 e. The van der Waals surface area contributed by atoms with Crippen molar-refractivity contribution >= 4 is 22.8 Å². The standard InChI is InChI=1S/C16H30N2O4S/c1-7-17(8-2)13(19)16(23(6)21)9-11-18(12-10-16)14(20)22-15(3,4)5/h7-12H2,1-6H3/t23-/m0/s1. The van der Waals surface area contributed by atoms with Gasteiger partial charge in [-0.05, 0) is 47.5 Å². The van der Waals surface area contributed by atoms with Gasteiger partial charge in [0.05, 0.1) is 0 Å². The molecule has 0 aromatic carbocycles. The fourth-order valence-corrected chi connectivity index (χ4v) is 3.93. The molecular weight excluding hydrogens is 316 g/mol. The van der Waals surface area contributed by atoms with Gasteiger partial charge in [-0.1, -0.05) is 0 Å². The van der Waals surface area contributed by atoms with Crippen molar-refractivity contribution in [2.45, 2.75) is 57.8 Å². The normalized spacial score (nSPS) is 19.1. The molecule has 1 rings (SSSR count). The van der Waals surface area contributed by atoms with E-state index in [1.165, 1.54) is 0 Å². The van der Waals surface area contributed by atoms with Gasteiger partial charge in [0.15, 0.2) is 0 Å². The van der Waals surface area contributed by atoms with Gasteiger partial charge in [0, 0.05) is 43.2 Å². The lowest BCUT2D eigenvalue weighted by Crippen LogP contribution is -2.58. The second-order valence-corrected chi connectivity index (χ2v) is 8.58. The number of hydrogen-bond donors (Lipinski definition) is 0. The van der Waals surface area contributed by atoms with Gasteiger partial charge in [-0.3, -0.25) is 9.00 Å². The summed E-state index contributed by atoms with van der Waals surface area (Å²) in [5, 5.41) is 0. The van der Waals surface area contributed by atoms with Crippen molar-refractivity contribution in [3.63, 3.8) is 0 Å². The van der Waals surface area contributed by atoms with Gasteiger partial charge in [0.25, 0.3) is 0 Å². The Morgan fingerprint density at radius 2 is 1.65 bits per heavy atom. The predicted octanol–water partition coefficient (Wildman–Crippen LogP) is 2.00. The summed E-state index contributed by atoms with van der Waals surface area (Å²) in [6, 6.07) is 0. The lowest BCUT2D eigenvalue weighted by molar-refractivity contribution is -0.134. The van der Waals surface area contributed by atoms with E-state index in [4.69, 9.17) is 4.74 Å². The van der Waals surface area contributed by atoms with Crippen LogP contribution in [-0.2, 0) is 20.3 Å². The smallest absolute Gasteiger partial charge is 0.410 e. The number of rotatable bonds is 4. The number of hydrogen-bond acceptors (Lipinski definition) is 4. The first-order valence-electron chi connectivity index (χ1n) is 8.18. The molecule has 0 bridgehead atoms.